The summed E-state index contributed by atoms with van der Waals surface area (Å²) < 4.78 is 2.44. The van der Waals surface area contributed by atoms with E-state index in [1.807, 2.05) is 0 Å². The molecule has 1 aliphatic carbocycles. The van der Waals surface area contributed by atoms with Gasteiger partial charge in [-0.15, -0.1) is 0 Å². The van der Waals surface area contributed by atoms with Crippen molar-refractivity contribution in [1.82, 2.24) is 4.57 Å². The van der Waals surface area contributed by atoms with E-state index in [-0.39, 0.29) is 5.41 Å². The summed E-state index contributed by atoms with van der Waals surface area (Å²) in [7, 11) is 0. The second-order valence-corrected chi connectivity index (χ2v) is 11.0. The highest BCUT2D eigenvalue weighted by molar-refractivity contribution is 6.31. The maximum Gasteiger partial charge on any atom is 0.0547 e. The third-order valence-electron chi connectivity index (χ3n) is 8.61. The van der Waals surface area contributed by atoms with Gasteiger partial charge < -0.3 is 4.57 Å². The lowest BCUT2D eigenvalue weighted by Gasteiger charge is -2.24. The lowest BCUT2D eigenvalue weighted by Crippen LogP contribution is -2.15. The number of aromatic nitrogens is 1. The van der Waals surface area contributed by atoms with E-state index in [1.165, 1.54) is 76.9 Å². The first-order valence-corrected chi connectivity index (χ1v) is 13.1. The molecule has 0 fully saturated rings. The molecule has 0 amide bonds. The predicted molar refractivity (Wildman–Crippen MR) is 158 cm³/mol. The molecule has 1 aliphatic rings. The molecule has 0 saturated heterocycles. The van der Waals surface area contributed by atoms with Crippen molar-refractivity contribution in [3.05, 3.63) is 126 Å². The van der Waals surface area contributed by atoms with Gasteiger partial charge in [-0.05, 0) is 69.6 Å². The van der Waals surface area contributed by atoms with Gasteiger partial charge in [0.25, 0.3) is 0 Å². The smallest absolute Gasteiger partial charge is 0.0547 e. The quantitative estimate of drug-likeness (QED) is 0.209. The molecular weight excluding hydrogens is 446 g/mol. The average Bonchev–Trinajstić information content (AvgIpc) is 3.39. The molecule has 1 heteroatoms. The van der Waals surface area contributed by atoms with Gasteiger partial charge in [0, 0.05) is 27.3 Å². The number of rotatable bonds is 1. The molecule has 0 radical (unpaired) electrons. The summed E-state index contributed by atoms with van der Waals surface area (Å²) in [5.74, 6) is 0. The number of fused-ring (bicyclic) bond motifs is 12. The summed E-state index contributed by atoms with van der Waals surface area (Å²) in [5, 5.41) is 8.08. The first kappa shape index (κ1) is 20.8. The Labute approximate surface area is 216 Å². The Morgan fingerprint density at radius 2 is 1.22 bits per heavy atom. The van der Waals surface area contributed by atoms with E-state index in [4.69, 9.17) is 0 Å². The van der Waals surface area contributed by atoms with Crippen LogP contribution < -0.4 is 0 Å². The Kier molecular flexibility index (Phi) is 4.00. The molecule has 0 unspecified atom stereocenters. The van der Waals surface area contributed by atoms with Crippen LogP contribution in [-0.2, 0) is 5.41 Å². The Hall–Kier alpha value is -4.36. The Bertz CT molecular complexity index is 2050. The third kappa shape index (κ3) is 2.59. The Morgan fingerprint density at radius 1 is 0.541 bits per heavy atom. The standard InChI is InChI=1S/C36H27N/c1-22-16-18-23(19-17-22)37-30-15-9-7-13-28(30)32-31(37)21-20-25-24-10-4-5-11-26(24)35-34(33(25)32)27-12-6-8-14-29(27)36(35,2)3/h4-21H,1-3H3. The topological polar surface area (TPSA) is 4.93 Å². The van der Waals surface area contributed by atoms with Crippen LogP contribution in [0.1, 0.15) is 30.5 Å². The molecule has 0 bridgehead atoms. The molecule has 176 valence electrons. The fourth-order valence-electron chi connectivity index (χ4n) is 7.01. The first-order valence-electron chi connectivity index (χ1n) is 13.1. The maximum atomic E-state index is 2.44. The van der Waals surface area contributed by atoms with Crippen LogP contribution in [0.3, 0.4) is 0 Å². The molecule has 0 N–H and O–H groups in total. The fraction of sp³-hybridized carbons (Fsp3) is 0.111. The van der Waals surface area contributed by atoms with Crippen molar-refractivity contribution < 1.29 is 0 Å². The van der Waals surface area contributed by atoms with Crippen LogP contribution in [0.4, 0.5) is 0 Å². The molecule has 1 heterocycles. The van der Waals surface area contributed by atoms with E-state index in [1.54, 1.807) is 0 Å². The molecule has 37 heavy (non-hydrogen) atoms. The fourth-order valence-corrected chi connectivity index (χ4v) is 7.01. The van der Waals surface area contributed by atoms with E-state index in [0.717, 1.165) is 0 Å². The van der Waals surface area contributed by atoms with Crippen LogP contribution in [-0.4, -0.2) is 4.57 Å². The van der Waals surface area contributed by atoms with Gasteiger partial charge in [-0.25, -0.2) is 0 Å². The number of hydrogen-bond acceptors (Lipinski definition) is 0. The summed E-state index contributed by atoms with van der Waals surface area (Å²) in [6.45, 7) is 6.94. The van der Waals surface area contributed by atoms with Crippen molar-refractivity contribution >= 4 is 43.4 Å². The zero-order chi connectivity index (χ0) is 24.9. The minimum atomic E-state index is -0.0722. The summed E-state index contributed by atoms with van der Waals surface area (Å²) in [6.07, 6.45) is 0. The van der Waals surface area contributed by atoms with Crippen LogP contribution in [0.15, 0.2) is 109 Å². The van der Waals surface area contributed by atoms with Crippen LogP contribution in [0, 0.1) is 6.92 Å². The van der Waals surface area contributed by atoms with Gasteiger partial charge >= 0.3 is 0 Å². The van der Waals surface area contributed by atoms with Crippen molar-refractivity contribution in [3.63, 3.8) is 0 Å². The van der Waals surface area contributed by atoms with Gasteiger partial charge in [0.05, 0.1) is 11.0 Å². The van der Waals surface area contributed by atoms with E-state index >= 15 is 0 Å². The first-order chi connectivity index (χ1) is 18.1. The summed E-state index contributed by atoms with van der Waals surface area (Å²) in [5.41, 5.74) is 10.6. The van der Waals surface area contributed by atoms with Crippen LogP contribution in [0.25, 0.3) is 60.2 Å². The molecule has 1 aromatic heterocycles. The summed E-state index contributed by atoms with van der Waals surface area (Å²) in [4.78, 5) is 0. The van der Waals surface area contributed by atoms with Crippen molar-refractivity contribution in [2.24, 2.45) is 0 Å². The lowest BCUT2D eigenvalue weighted by atomic mass is 9.79. The number of nitrogens with zero attached hydrogens (tertiary/aromatic N) is 1. The van der Waals surface area contributed by atoms with Gasteiger partial charge in [0.15, 0.2) is 0 Å². The zero-order valence-electron chi connectivity index (χ0n) is 21.3. The average molecular weight is 474 g/mol. The molecule has 1 nitrogen and oxygen atoms in total. The van der Waals surface area contributed by atoms with Crippen LogP contribution >= 0.6 is 0 Å². The second-order valence-electron chi connectivity index (χ2n) is 11.0. The minimum absolute atomic E-state index is 0.0722. The second kappa shape index (κ2) is 7.11. The number of benzene rings is 6. The highest BCUT2D eigenvalue weighted by Crippen LogP contribution is 2.56. The van der Waals surface area contributed by atoms with E-state index in [0.29, 0.717) is 0 Å². The largest absolute Gasteiger partial charge is 0.309 e. The molecule has 8 rings (SSSR count). The van der Waals surface area contributed by atoms with Gasteiger partial charge in [0.1, 0.15) is 0 Å². The summed E-state index contributed by atoms with van der Waals surface area (Å²) >= 11 is 0. The molecule has 6 aromatic carbocycles. The van der Waals surface area contributed by atoms with E-state index in [9.17, 15) is 0 Å². The third-order valence-corrected chi connectivity index (χ3v) is 8.61. The zero-order valence-corrected chi connectivity index (χ0v) is 21.3. The molecule has 0 aliphatic heterocycles. The van der Waals surface area contributed by atoms with Crippen molar-refractivity contribution in [2.75, 3.05) is 0 Å². The minimum Gasteiger partial charge on any atom is -0.309 e. The van der Waals surface area contributed by atoms with Gasteiger partial charge in [0.2, 0.25) is 0 Å². The highest BCUT2D eigenvalue weighted by atomic mass is 15.0. The maximum absolute atomic E-state index is 2.44. The van der Waals surface area contributed by atoms with Crippen molar-refractivity contribution in [2.45, 2.75) is 26.2 Å². The van der Waals surface area contributed by atoms with Gasteiger partial charge in [-0.1, -0.05) is 104 Å². The Balaban J connectivity index is 1.68. The van der Waals surface area contributed by atoms with Gasteiger partial charge in [-0.3, -0.25) is 0 Å². The predicted octanol–water partition coefficient (Wildman–Crippen LogP) is 9.70. The normalized spacial score (nSPS) is 14.0. The van der Waals surface area contributed by atoms with Crippen molar-refractivity contribution in [3.8, 4) is 16.8 Å². The monoisotopic (exact) mass is 473 g/mol. The van der Waals surface area contributed by atoms with E-state index < -0.39 is 0 Å². The Morgan fingerprint density at radius 3 is 2.03 bits per heavy atom. The number of aryl methyl sites for hydroxylation is 1. The number of para-hydroxylation sites is 1. The SMILES string of the molecule is Cc1ccc(-n2c3ccccc3c3c4c5c(c6ccccc6c4ccc32)C(C)(C)c2ccccc2-5)cc1. The molecule has 0 spiro atoms. The lowest BCUT2D eigenvalue weighted by molar-refractivity contribution is 0.666. The molecule has 0 atom stereocenters. The highest BCUT2D eigenvalue weighted by Gasteiger charge is 2.38. The molecule has 0 saturated carbocycles. The van der Waals surface area contributed by atoms with Gasteiger partial charge in [-0.2, -0.15) is 0 Å². The van der Waals surface area contributed by atoms with Crippen molar-refractivity contribution in [1.29, 1.82) is 0 Å². The summed E-state index contributed by atoms with van der Waals surface area (Å²) in [6, 6.07) is 40.5. The van der Waals surface area contributed by atoms with E-state index in [2.05, 4.69) is 135 Å². The molecular formula is C36H27N. The van der Waals surface area contributed by atoms with Crippen LogP contribution in [0.2, 0.25) is 0 Å². The molecule has 7 aromatic rings. The number of hydrogen-bond donors (Lipinski definition) is 0. The van der Waals surface area contributed by atoms with Crippen LogP contribution in [0.5, 0.6) is 0 Å².